The van der Waals surface area contributed by atoms with Gasteiger partial charge >= 0.3 is 0 Å². The smallest absolute Gasteiger partial charge is 0.279 e. The second-order valence-electron chi connectivity index (χ2n) is 9.33. The zero-order valence-electron chi connectivity index (χ0n) is 18.2. The summed E-state index contributed by atoms with van der Waals surface area (Å²) in [7, 11) is 0. The van der Waals surface area contributed by atoms with Crippen molar-refractivity contribution in [2.75, 3.05) is 44.6 Å². The fourth-order valence-corrected chi connectivity index (χ4v) is 3.62. The van der Waals surface area contributed by atoms with Gasteiger partial charge in [0, 0.05) is 17.6 Å². The highest BCUT2D eigenvalue weighted by atomic mass is 16.2. The van der Waals surface area contributed by atoms with Crippen LogP contribution < -0.4 is 20.4 Å². The number of nitrogens with one attached hydrogen (secondary N) is 4. The molecule has 0 saturated carbocycles. The summed E-state index contributed by atoms with van der Waals surface area (Å²) in [6.45, 7) is 15.1. The standard InChI is InChI=1S/C22H36N4O2/c1-17(2)18-7-9-19(10-8-18)23-20(27)15-25-11-6-12-26(14-13-25)16-21(28)24-22(3,4)5/h7-10,17H,6,11-16H2,1-5H3,(H,23,27)(H,24,28)/p+2. The number of carbonyl (C=O) groups excluding carboxylic acids is 2. The van der Waals surface area contributed by atoms with Crippen LogP contribution in [0.5, 0.6) is 0 Å². The average Bonchev–Trinajstić information content (AvgIpc) is 2.78. The van der Waals surface area contributed by atoms with Crippen molar-refractivity contribution < 1.29 is 19.4 Å². The van der Waals surface area contributed by atoms with E-state index in [0.717, 1.165) is 38.3 Å². The molecular formula is C22H38N4O2+2. The molecule has 1 aliphatic rings. The van der Waals surface area contributed by atoms with E-state index < -0.39 is 0 Å². The Morgan fingerprint density at radius 2 is 1.46 bits per heavy atom. The van der Waals surface area contributed by atoms with Crippen LogP contribution in [-0.2, 0) is 9.59 Å². The highest BCUT2D eigenvalue weighted by molar-refractivity contribution is 5.91. The van der Waals surface area contributed by atoms with Crippen molar-refractivity contribution in [2.45, 2.75) is 52.5 Å². The van der Waals surface area contributed by atoms with Crippen LogP contribution in [-0.4, -0.2) is 56.6 Å². The zero-order chi connectivity index (χ0) is 20.7. The van der Waals surface area contributed by atoms with Crippen molar-refractivity contribution >= 4 is 17.5 Å². The molecule has 6 nitrogen and oxygen atoms in total. The van der Waals surface area contributed by atoms with E-state index >= 15 is 0 Å². The maximum Gasteiger partial charge on any atom is 0.279 e. The molecule has 0 radical (unpaired) electrons. The van der Waals surface area contributed by atoms with Crippen LogP contribution in [0, 0.1) is 0 Å². The first kappa shape index (κ1) is 22.4. The van der Waals surface area contributed by atoms with E-state index in [-0.39, 0.29) is 17.4 Å². The van der Waals surface area contributed by atoms with Gasteiger partial charge in [-0.25, -0.2) is 0 Å². The van der Waals surface area contributed by atoms with Crippen molar-refractivity contribution in [3.05, 3.63) is 29.8 Å². The molecule has 1 aromatic rings. The topological polar surface area (TPSA) is 67.1 Å². The zero-order valence-corrected chi connectivity index (χ0v) is 18.2. The molecule has 156 valence electrons. The third kappa shape index (κ3) is 7.98. The molecule has 0 aromatic heterocycles. The average molecular weight is 391 g/mol. The van der Waals surface area contributed by atoms with Gasteiger partial charge in [-0.15, -0.1) is 0 Å². The largest absolute Gasteiger partial charge is 0.347 e. The maximum absolute atomic E-state index is 12.4. The van der Waals surface area contributed by atoms with Crippen molar-refractivity contribution in [2.24, 2.45) is 0 Å². The van der Waals surface area contributed by atoms with Gasteiger partial charge in [0.1, 0.15) is 13.1 Å². The number of rotatable bonds is 6. The molecule has 1 aliphatic heterocycles. The Bertz CT molecular complexity index is 649. The van der Waals surface area contributed by atoms with Gasteiger partial charge in [-0.1, -0.05) is 26.0 Å². The second-order valence-corrected chi connectivity index (χ2v) is 9.33. The number of carbonyl (C=O) groups is 2. The molecule has 6 heteroatoms. The molecule has 2 unspecified atom stereocenters. The minimum atomic E-state index is -0.189. The fourth-order valence-electron chi connectivity index (χ4n) is 3.62. The Labute approximate surface area is 169 Å². The molecule has 2 atom stereocenters. The predicted molar refractivity (Wildman–Crippen MR) is 113 cm³/mol. The Kier molecular flexibility index (Phi) is 8.01. The lowest BCUT2D eigenvalue weighted by atomic mass is 10.0. The van der Waals surface area contributed by atoms with E-state index in [1.807, 2.05) is 32.9 Å². The van der Waals surface area contributed by atoms with Crippen LogP contribution in [0.25, 0.3) is 0 Å². The summed E-state index contributed by atoms with van der Waals surface area (Å²) in [5, 5.41) is 6.05. The number of anilines is 1. The summed E-state index contributed by atoms with van der Waals surface area (Å²) < 4.78 is 0. The SMILES string of the molecule is CC(C)c1ccc(NC(=O)C[NH+]2CCC[NH+](CC(=O)NC(C)(C)C)CC2)cc1. The maximum atomic E-state index is 12.4. The molecule has 2 amide bonds. The Balaban J connectivity index is 1.77. The van der Waals surface area contributed by atoms with Gasteiger partial charge in [-0.3, -0.25) is 9.59 Å². The van der Waals surface area contributed by atoms with E-state index in [2.05, 4.69) is 36.6 Å². The van der Waals surface area contributed by atoms with Gasteiger partial charge in [-0.2, -0.15) is 0 Å². The highest BCUT2D eigenvalue weighted by Gasteiger charge is 2.25. The summed E-state index contributed by atoms with van der Waals surface area (Å²) in [5.41, 5.74) is 1.94. The predicted octanol–water partition coefficient (Wildman–Crippen LogP) is -0.163. The first-order chi connectivity index (χ1) is 13.1. The van der Waals surface area contributed by atoms with Crippen LogP contribution in [0.15, 0.2) is 24.3 Å². The Hall–Kier alpha value is -1.92. The summed E-state index contributed by atoms with van der Waals surface area (Å²) in [4.78, 5) is 27.2. The molecule has 0 spiro atoms. The summed E-state index contributed by atoms with van der Waals surface area (Å²) in [6, 6.07) is 8.10. The number of hydrogen-bond donors (Lipinski definition) is 4. The monoisotopic (exact) mass is 390 g/mol. The minimum absolute atomic E-state index is 0.0567. The molecule has 1 heterocycles. The van der Waals surface area contributed by atoms with Crippen LogP contribution in [0.3, 0.4) is 0 Å². The number of hydrogen-bond acceptors (Lipinski definition) is 2. The first-order valence-corrected chi connectivity index (χ1v) is 10.5. The quantitative estimate of drug-likeness (QED) is 0.545. The van der Waals surface area contributed by atoms with Crippen LogP contribution in [0.1, 0.15) is 52.5 Å². The third-order valence-corrected chi connectivity index (χ3v) is 5.09. The fraction of sp³-hybridized carbons (Fsp3) is 0.636. The lowest BCUT2D eigenvalue weighted by Crippen LogP contribution is -3.18. The van der Waals surface area contributed by atoms with Gasteiger partial charge in [-0.05, 0) is 44.4 Å². The van der Waals surface area contributed by atoms with E-state index in [4.69, 9.17) is 0 Å². The van der Waals surface area contributed by atoms with Crippen molar-refractivity contribution in [1.29, 1.82) is 0 Å². The molecule has 2 rings (SSSR count). The number of amides is 2. The summed E-state index contributed by atoms with van der Waals surface area (Å²) >= 11 is 0. The molecule has 0 aliphatic carbocycles. The van der Waals surface area contributed by atoms with Gasteiger partial charge in [0.15, 0.2) is 13.1 Å². The van der Waals surface area contributed by atoms with Gasteiger partial charge in [0.25, 0.3) is 11.8 Å². The summed E-state index contributed by atoms with van der Waals surface area (Å²) in [6.07, 6.45) is 1.03. The van der Waals surface area contributed by atoms with Crippen molar-refractivity contribution in [1.82, 2.24) is 5.32 Å². The minimum Gasteiger partial charge on any atom is -0.347 e. The van der Waals surface area contributed by atoms with Crippen LogP contribution in [0.4, 0.5) is 5.69 Å². The molecular weight excluding hydrogens is 352 g/mol. The second kappa shape index (κ2) is 10.0. The van der Waals surface area contributed by atoms with Gasteiger partial charge in [0.2, 0.25) is 0 Å². The van der Waals surface area contributed by atoms with Crippen LogP contribution >= 0.6 is 0 Å². The normalized spacial score (nSPS) is 20.5. The molecule has 0 bridgehead atoms. The molecule has 1 fully saturated rings. The van der Waals surface area contributed by atoms with E-state index in [1.165, 1.54) is 15.4 Å². The van der Waals surface area contributed by atoms with E-state index in [1.54, 1.807) is 0 Å². The summed E-state index contributed by atoms with van der Waals surface area (Å²) in [5.74, 6) is 0.650. The Morgan fingerprint density at radius 3 is 1.96 bits per heavy atom. The number of benzene rings is 1. The van der Waals surface area contributed by atoms with E-state index in [0.29, 0.717) is 19.0 Å². The lowest BCUT2D eigenvalue weighted by molar-refractivity contribution is -0.930. The molecule has 28 heavy (non-hydrogen) atoms. The van der Waals surface area contributed by atoms with Gasteiger partial charge < -0.3 is 20.4 Å². The molecule has 1 saturated heterocycles. The lowest BCUT2D eigenvalue weighted by Gasteiger charge is -2.22. The third-order valence-electron chi connectivity index (χ3n) is 5.09. The van der Waals surface area contributed by atoms with E-state index in [9.17, 15) is 9.59 Å². The van der Waals surface area contributed by atoms with Gasteiger partial charge in [0.05, 0.1) is 13.1 Å². The van der Waals surface area contributed by atoms with Crippen molar-refractivity contribution in [3.8, 4) is 0 Å². The highest BCUT2D eigenvalue weighted by Crippen LogP contribution is 2.16. The van der Waals surface area contributed by atoms with Crippen molar-refractivity contribution in [3.63, 3.8) is 0 Å². The Morgan fingerprint density at radius 1 is 0.929 bits per heavy atom. The molecule has 1 aromatic carbocycles. The number of quaternary nitrogens is 2. The first-order valence-electron chi connectivity index (χ1n) is 10.5. The molecule has 4 N–H and O–H groups in total. The van der Waals surface area contributed by atoms with Crippen LogP contribution in [0.2, 0.25) is 0 Å².